The van der Waals surface area contributed by atoms with Crippen LogP contribution in [0.15, 0.2) is 87.7 Å². The summed E-state index contributed by atoms with van der Waals surface area (Å²) in [6, 6.07) is 23.0. The van der Waals surface area contributed by atoms with Crippen molar-refractivity contribution < 1.29 is 23.2 Å². The largest absolute Gasteiger partial charge is 0.497 e. The molecular weight excluding hydrogens is 408 g/mol. The summed E-state index contributed by atoms with van der Waals surface area (Å²) in [6.45, 7) is 0. The van der Waals surface area contributed by atoms with Gasteiger partial charge in [-0.2, -0.15) is 0 Å². The van der Waals surface area contributed by atoms with E-state index >= 15 is 0 Å². The van der Waals surface area contributed by atoms with Crippen LogP contribution in [-0.2, 0) is 0 Å². The fourth-order valence-electron chi connectivity index (χ4n) is 3.49. The normalized spacial score (nSPS) is 10.9. The van der Waals surface area contributed by atoms with Crippen LogP contribution in [0.25, 0.3) is 21.9 Å². The predicted molar refractivity (Wildman–Crippen MR) is 121 cm³/mol. The molecule has 0 saturated heterocycles. The number of nitrogens with one attached hydrogen (secondary N) is 2. The van der Waals surface area contributed by atoms with Gasteiger partial charge in [0.05, 0.1) is 7.11 Å². The van der Waals surface area contributed by atoms with Crippen molar-refractivity contribution in [3.8, 4) is 5.75 Å². The average molecular weight is 426 g/mol. The van der Waals surface area contributed by atoms with E-state index in [1.54, 1.807) is 67.8 Å². The van der Waals surface area contributed by atoms with Gasteiger partial charge < -0.3 is 24.2 Å². The smallest absolute Gasteiger partial charge is 0.293 e. The van der Waals surface area contributed by atoms with Crippen LogP contribution in [0, 0.1) is 0 Å². The molecule has 7 heteroatoms. The van der Waals surface area contributed by atoms with Crippen molar-refractivity contribution in [2.45, 2.75) is 0 Å². The van der Waals surface area contributed by atoms with Gasteiger partial charge in [-0.15, -0.1) is 0 Å². The van der Waals surface area contributed by atoms with Crippen molar-refractivity contribution in [3.63, 3.8) is 0 Å². The summed E-state index contributed by atoms with van der Waals surface area (Å²) in [7, 11) is 1.55. The number of fused-ring (bicyclic) bond motifs is 2. The lowest BCUT2D eigenvalue weighted by Gasteiger charge is -2.07. The van der Waals surface area contributed by atoms with E-state index in [4.69, 9.17) is 13.6 Å². The zero-order valence-corrected chi connectivity index (χ0v) is 17.0. The number of benzene rings is 3. The van der Waals surface area contributed by atoms with E-state index < -0.39 is 11.8 Å². The second kappa shape index (κ2) is 7.96. The van der Waals surface area contributed by atoms with Gasteiger partial charge in [-0.05, 0) is 36.4 Å². The molecule has 0 fully saturated rings. The third kappa shape index (κ3) is 3.56. The highest BCUT2D eigenvalue weighted by molar-refractivity contribution is 6.16. The lowest BCUT2D eigenvalue weighted by Crippen LogP contribution is -2.16. The van der Waals surface area contributed by atoms with Gasteiger partial charge in [-0.3, -0.25) is 9.59 Å². The molecule has 5 rings (SSSR count). The third-order valence-corrected chi connectivity index (χ3v) is 5.02. The van der Waals surface area contributed by atoms with Crippen LogP contribution < -0.4 is 15.4 Å². The van der Waals surface area contributed by atoms with E-state index in [0.717, 1.165) is 5.39 Å². The molecule has 2 heterocycles. The number of carbonyl (C=O) groups is 2. The van der Waals surface area contributed by atoms with Gasteiger partial charge in [0.1, 0.15) is 22.6 Å². The number of rotatable bonds is 5. The summed E-state index contributed by atoms with van der Waals surface area (Å²) in [5, 5.41) is 6.98. The number of amides is 2. The first kappa shape index (κ1) is 19.4. The molecule has 5 aromatic rings. The Labute approximate surface area is 182 Å². The van der Waals surface area contributed by atoms with Gasteiger partial charge in [0.25, 0.3) is 11.8 Å². The molecule has 0 aliphatic heterocycles. The first-order chi connectivity index (χ1) is 15.6. The monoisotopic (exact) mass is 426 g/mol. The molecule has 0 spiro atoms. The maximum absolute atomic E-state index is 13.0. The number of methoxy groups -OCH3 is 1. The zero-order chi connectivity index (χ0) is 22.1. The molecule has 2 N–H and O–H groups in total. The highest BCUT2D eigenvalue weighted by Crippen LogP contribution is 2.32. The minimum Gasteiger partial charge on any atom is -0.497 e. The summed E-state index contributed by atoms with van der Waals surface area (Å²) in [5.74, 6) is -0.266. The second-order valence-electron chi connectivity index (χ2n) is 7.09. The van der Waals surface area contributed by atoms with Crippen molar-refractivity contribution >= 4 is 45.1 Å². The molecule has 32 heavy (non-hydrogen) atoms. The van der Waals surface area contributed by atoms with Gasteiger partial charge in [0.15, 0.2) is 5.76 Å². The van der Waals surface area contributed by atoms with Crippen molar-refractivity contribution in [2.75, 3.05) is 17.7 Å². The Morgan fingerprint density at radius 1 is 0.781 bits per heavy atom. The van der Waals surface area contributed by atoms with Crippen molar-refractivity contribution in [2.24, 2.45) is 0 Å². The van der Waals surface area contributed by atoms with Crippen molar-refractivity contribution in [1.29, 1.82) is 0 Å². The van der Waals surface area contributed by atoms with Crippen LogP contribution >= 0.6 is 0 Å². The summed E-state index contributed by atoms with van der Waals surface area (Å²) >= 11 is 0. The molecule has 2 amide bonds. The predicted octanol–water partition coefficient (Wildman–Crippen LogP) is 5.69. The summed E-state index contributed by atoms with van der Waals surface area (Å²) in [6.07, 6.45) is 0. The van der Waals surface area contributed by atoms with Gasteiger partial charge in [-0.1, -0.05) is 36.4 Å². The molecule has 3 aromatic carbocycles. The van der Waals surface area contributed by atoms with E-state index in [0.29, 0.717) is 28.0 Å². The number of hydrogen-bond acceptors (Lipinski definition) is 5. The number of hydrogen-bond donors (Lipinski definition) is 2. The van der Waals surface area contributed by atoms with Crippen molar-refractivity contribution in [3.05, 3.63) is 90.4 Å². The van der Waals surface area contributed by atoms with Gasteiger partial charge in [0.2, 0.25) is 5.76 Å². The van der Waals surface area contributed by atoms with E-state index in [1.165, 1.54) is 0 Å². The molecule has 158 valence electrons. The fourth-order valence-corrected chi connectivity index (χ4v) is 3.49. The number of para-hydroxylation sites is 2. The highest BCUT2D eigenvalue weighted by atomic mass is 16.5. The Morgan fingerprint density at radius 2 is 1.56 bits per heavy atom. The molecule has 0 aliphatic carbocycles. The average Bonchev–Trinajstić information content (AvgIpc) is 3.41. The number of ether oxygens (including phenoxy) is 1. The first-order valence-corrected chi connectivity index (χ1v) is 9.89. The van der Waals surface area contributed by atoms with Gasteiger partial charge in [0, 0.05) is 22.5 Å². The van der Waals surface area contributed by atoms with Crippen LogP contribution in [-0.4, -0.2) is 18.9 Å². The lowest BCUT2D eigenvalue weighted by molar-refractivity contribution is 0.0997. The molecule has 2 aromatic heterocycles. The molecule has 0 bridgehead atoms. The second-order valence-corrected chi connectivity index (χ2v) is 7.09. The van der Waals surface area contributed by atoms with E-state index in [9.17, 15) is 9.59 Å². The molecule has 7 nitrogen and oxygen atoms in total. The maximum atomic E-state index is 13.0. The van der Waals surface area contributed by atoms with Crippen molar-refractivity contribution in [1.82, 2.24) is 0 Å². The summed E-state index contributed by atoms with van der Waals surface area (Å²) in [5.41, 5.74) is 1.88. The molecule has 0 radical (unpaired) electrons. The standard InChI is InChI=1S/C25H18N2O5/c1-30-17-9-6-8-16(14-17)26-25(29)23-22(18-10-3-5-12-20(18)32-23)27-24(28)21-13-15-7-2-4-11-19(15)31-21/h2-14H,1H3,(H,26,29)(H,27,28). The van der Waals surface area contributed by atoms with Crippen LogP contribution in [0.3, 0.4) is 0 Å². The minimum atomic E-state index is -0.505. The SMILES string of the molecule is COc1cccc(NC(=O)c2oc3ccccc3c2NC(=O)c2cc3ccccc3o2)c1. The minimum absolute atomic E-state index is 0.0153. The number of anilines is 2. The molecule has 0 unspecified atom stereocenters. The van der Waals surface area contributed by atoms with E-state index in [-0.39, 0.29) is 17.2 Å². The van der Waals surface area contributed by atoms with Gasteiger partial charge >= 0.3 is 0 Å². The van der Waals surface area contributed by atoms with Crippen LogP contribution in [0.4, 0.5) is 11.4 Å². The summed E-state index contributed by atoms with van der Waals surface area (Å²) < 4.78 is 16.7. The third-order valence-electron chi connectivity index (χ3n) is 5.02. The molecular formula is C25H18N2O5. The van der Waals surface area contributed by atoms with Crippen LogP contribution in [0.5, 0.6) is 5.75 Å². The molecule has 0 aliphatic rings. The Balaban J connectivity index is 1.49. The molecule has 0 atom stereocenters. The van der Waals surface area contributed by atoms with E-state index in [1.807, 2.05) is 18.2 Å². The van der Waals surface area contributed by atoms with Crippen LogP contribution in [0.1, 0.15) is 21.1 Å². The Kier molecular flexibility index (Phi) is 4.84. The van der Waals surface area contributed by atoms with Gasteiger partial charge in [-0.25, -0.2) is 0 Å². The summed E-state index contributed by atoms with van der Waals surface area (Å²) in [4.78, 5) is 26.0. The van der Waals surface area contributed by atoms with E-state index in [2.05, 4.69) is 10.6 Å². The Hall–Kier alpha value is -4.52. The first-order valence-electron chi connectivity index (χ1n) is 9.89. The number of carbonyl (C=O) groups excluding carboxylic acids is 2. The Bertz CT molecular complexity index is 1430. The topological polar surface area (TPSA) is 93.7 Å². The quantitative estimate of drug-likeness (QED) is 0.376. The molecule has 0 saturated carbocycles. The van der Waals surface area contributed by atoms with Crippen LogP contribution in [0.2, 0.25) is 0 Å². The Morgan fingerprint density at radius 3 is 2.38 bits per heavy atom. The lowest BCUT2D eigenvalue weighted by atomic mass is 10.2. The zero-order valence-electron chi connectivity index (χ0n) is 17.0. The number of furan rings is 2. The maximum Gasteiger partial charge on any atom is 0.293 e. The fraction of sp³-hybridized carbons (Fsp3) is 0.0400. The highest BCUT2D eigenvalue weighted by Gasteiger charge is 2.24.